The molecule has 1 aliphatic heterocycles. The number of primary amides is 1. The lowest BCUT2D eigenvalue weighted by Crippen LogP contribution is -2.50. The van der Waals surface area contributed by atoms with Gasteiger partial charge in [-0.15, -0.1) is 0 Å². The van der Waals surface area contributed by atoms with Crippen LogP contribution in [0.1, 0.15) is 42.1 Å². The number of fused-ring (bicyclic) bond motifs is 1. The topological polar surface area (TPSA) is 96.0 Å². The molecule has 2 fully saturated rings. The first-order valence-corrected chi connectivity index (χ1v) is 11.6. The van der Waals surface area contributed by atoms with E-state index in [1.54, 1.807) is 22.5 Å². The predicted octanol–water partition coefficient (Wildman–Crippen LogP) is 2.97. The van der Waals surface area contributed by atoms with E-state index in [2.05, 4.69) is 27.4 Å². The van der Waals surface area contributed by atoms with Crippen molar-refractivity contribution >= 4 is 28.7 Å². The van der Waals surface area contributed by atoms with Crippen LogP contribution >= 0.6 is 0 Å². The molecule has 0 spiro atoms. The Kier molecular flexibility index (Phi) is 5.73. The van der Waals surface area contributed by atoms with Crippen LogP contribution in [-0.2, 0) is 11.3 Å². The number of aromatic nitrogens is 2. The Bertz CT molecular complexity index is 1220. The fourth-order valence-corrected chi connectivity index (χ4v) is 5.02. The molecule has 2 atom stereocenters. The van der Waals surface area contributed by atoms with Crippen LogP contribution in [-0.4, -0.2) is 57.7 Å². The standard InChI is InChI=1S/C25H29FN6O2/c1-25(26)9-5-8-21(25)29-23-19(24(27)34)13-28-32-15-18(12-20(23)32)31-11-10-30(16-22(31)33)14-17-6-3-2-4-7-17/h2-4,6-7,12-13,15,21,29H,5,8-11,14,16H2,1H3,(H2,27,34)/t21-,25+/m1/s1. The number of alkyl halides is 1. The van der Waals surface area contributed by atoms with Crippen molar-refractivity contribution in [2.75, 3.05) is 29.9 Å². The second kappa shape index (κ2) is 8.72. The molecular formula is C25H29FN6O2. The van der Waals surface area contributed by atoms with Crippen LogP contribution in [0.25, 0.3) is 5.52 Å². The first-order chi connectivity index (χ1) is 16.3. The van der Waals surface area contributed by atoms with Gasteiger partial charge < -0.3 is 16.0 Å². The Hall–Kier alpha value is -3.46. The summed E-state index contributed by atoms with van der Waals surface area (Å²) in [5.74, 6) is -0.640. The second-order valence-corrected chi connectivity index (χ2v) is 9.43. The van der Waals surface area contributed by atoms with Gasteiger partial charge in [0.2, 0.25) is 5.91 Å². The molecule has 178 valence electrons. The summed E-state index contributed by atoms with van der Waals surface area (Å²) >= 11 is 0. The molecular weight excluding hydrogens is 435 g/mol. The van der Waals surface area contributed by atoms with E-state index in [-0.39, 0.29) is 11.5 Å². The lowest BCUT2D eigenvalue weighted by Gasteiger charge is -2.33. The molecule has 2 amide bonds. The number of nitrogens with two attached hydrogens (primary N) is 1. The summed E-state index contributed by atoms with van der Waals surface area (Å²) in [7, 11) is 0. The van der Waals surface area contributed by atoms with Crippen molar-refractivity contribution in [3.8, 4) is 0 Å². The van der Waals surface area contributed by atoms with Gasteiger partial charge in [-0.1, -0.05) is 30.3 Å². The van der Waals surface area contributed by atoms with Crippen LogP contribution in [0.15, 0.2) is 48.8 Å². The van der Waals surface area contributed by atoms with Crippen molar-refractivity contribution in [2.24, 2.45) is 5.73 Å². The minimum atomic E-state index is -1.38. The van der Waals surface area contributed by atoms with Crippen LogP contribution in [0.4, 0.5) is 15.8 Å². The van der Waals surface area contributed by atoms with Crippen LogP contribution in [0.3, 0.4) is 0 Å². The fraction of sp³-hybridized carbons (Fsp3) is 0.400. The number of hydrogen-bond donors (Lipinski definition) is 2. The monoisotopic (exact) mass is 464 g/mol. The Morgan fingerprint density at radius 2 is 2.09 bits per heavy atom. The molecule has 8 nitrogen and oxygen atoms in total. The summed E-state index contributed by atoms with van der Waals surface area (Å²) in [6.45, 7) is 3.89. The second-order valence-electron chi connectivity index (χ2n) is 9.43. The molecule has 2 aromatic heterocycles. The number of amides is 2. The summed E-state index contributed by atoms with van der Waals surface area (Å²) in [5.41, 5.74) is 7.34. The number of nitrogens with zero attached hydrogens (tertiary/aromatic N) is 4. The Morgan fingerprint density at radius 3 is 2.76 bits per heavy atom. The summed E-state index contributed by atoms with van der Waals surface area (Å²) in [5, 5.41) is 7.56. The molecule has 1 saturated carbocycles. The van der Waals surface area contributed by atoms with Crippen molar-refractivity contribution < 1.29 is 14.0 Å². The molecule has 1 aliphatic carbocycles. The van der Waals surface area contributed by atoms with Gasteiger partial charge in [0, 0.05) is 19.6 Å². The average Bonchev–Trinajstić information content (AvgIpc) is 3.37. The zero-order valence-corrected chi connectivity index (χ0v) is 19.2. The summed E-state index contributed by atoms with van der Waals surface area (Å²) in [4.78, 5) is 29.0. The number of benzene rings is 1. The summed E-state index contributed by atoms with van der Waals surface area (Å²) in [6.07, 6.45) is 5.05. The van der Waals surface area contributed by atoms with Gasteiger partial charge in [-0.3, -0.25) is 14.5 Å². The van der Waals surface area contributed by atoms with Crippen molar-refractivity contribution in [1.29, 1.82) is 0 Å². The first-order valence-electron chi connectivity index (χ1n) is 11.6. The predicted molar refractivity (Wildman–Crippen MR) is 129 cm³/mol. The molecule has 9 heteroatoms. The van der Waals surface area contributed by atoms with Crippen LogP contribution in [0.2, 0.25) is 0 Å². The zero-order chi connectivity index (χ0) is 23.9. The largest absolute Gasteiger partial charge is 0.377 e. The molecule has 1 saturated heterocycles. The highest BCUT2D eigenvalue weighted by molar-refractivity contribution is 6.03. The average molecular weight is 465 g/mol. The van der Waals surface area contributed by atoms with E-state index in [9.17, 15) is 14.0 Å². The molecule has 2 aliphatic rings. The van der Waals surface area contributed by atoms with E-state index in [1.807, 2.05) is 24.3 Å². The lowest BCUT2D eigenvalue weighted by atomic mass is 10.0. The van der Waals surface area contributed by atoms with E-state index < -0.39 is 17.6 Å². The molecule has 0 radical (unpaired) electrons. The van der Waals surface area contributed by atoms with Crippen molar-refractivity contribution in [3.05, 3.63) is 59.9 Å². The smallest absolute Gasteiger partial charge is 0.252 e. The van der Waals surface area contributed by atoms with Gasteiger partial charge in [0.25, 0.3) is 5.91 Å². The van der Waals surface area contributed by atoms with E-state index in [1.165, 1.54) is 11.8 Å². The third kappa shape index (κ3) is 4.23. The Morgan fingerprint density at radius 1 is 1.29 bits per heavy atom. The Balaban J connectivity index is 1.40. The molecule has 0 bridgehead atoms. The van der Waals surface area contributed by atoms with Crippen molar-refractivity contribution in [2.45, 2.75) is 44.4 Å². The molecule has 5 rings (SSSR count). The molecule has 1 aromatic carbocycles. The van der Waals surface area contributed by atoms with Crippen molar-refractivity contribution in [1.82, 2.24) is 14.5 Å². The number of hydrogen-bond acceptors (Lipinski definition) is 5. The quantitative estimate of drug-likeness (QED) is 0.585. The fourth-order valence-electron chi connectivity index (χ4n) is 5.02. The van der Waals surface area contributed by atoms with Gasteiger partial charge in [-0.25, -0.2) is 8.91 Å². The maximum Gasteiger partial charge on any atom is 0.252 e. The van der Waals surface area contributed by atoms with E-state index in [4.69, 9.17) is 5.73 Å². The number of carbonyl (C=O) groups is 2. The van der Waals surface area contributed by atoms with Gasteiger partial charge in [-0.2, -0.15) is 5.10 Å². The summed E-state index contributed by atoms with van der Waals surface area (Å²) in [6, 6.07) is 11.5. The lowest BCUT2D eigenvalue weighted by molar-refractivity contribution is -0.121. The highest BCUT2D eigenvalue weighted by atomic mass is 19.1. The van der Waals surface area contributed by atoms with Gasteiger partial charge in [0.15, 0.2) is 0 Å². The highest BCUT2D eigenvalue weighted by Gasteiger charge is 2.39. The van der Waals surface area contributed by atoms with E-state index in [0.29, 0.717) is 42.8 Å². The van der Waals surface area contributed by atoms with Crippen molar-refractivity contribution in [3.63, 3.8) is 0 Å². The third-order valence-corrected chi connectivity index (χ3v) is 6.95. The molecule has 3 heterocycles. The summed E-state index contributed by atoms with van der Waals surface area (Å²) < 4.78 is 16.6. The Labute approximate surface area is 197 Å². The van der Waals surface area contributed by atoms with Gasteiger partial charge in [0.05, 0.1) is 47.4 Å². The first kappa shape index (κ1) is 22.3. The van der Waals surface area contributed by atoms with Crippen LogP contribution in [0, 0.1) is 0 Å². The molecule has 0 unspecified atom stereocenters. The maximum absolute atomic E-state index is 15.0. The van der Waals surface area contributed by atoms with E-state index in [0.717, 1.165) is 19.5 Å². The number of piperazine rings is 1. The molecule has 3 N–H and O–H groups in total. The normalized spacial score (nSPS) is 23.5. The van der Waals surface area contributed by atoms with Gasteiger partial charge in [-0.05, 0) is 37.8 Å². The third-order valence-electron chi connectivity index (χ3n) is 6.95. The minimum absolute atomic E-state index is 0.00477. The zero-order valence-electron chi connectivity index (χ0n) is 19.2. The minimum Gasteiger partial charge on any atom is -0.377 e. The highest BCUT2D eigenvalue weighted by Crippen LogP contribution is 2.37. The number of carbonyl (C=O) groups excluding carboxylic acids is 2. The molecule has 3 aromatic rings. The number of halogens is 1. The van der Waals surface area contributed by atoms with Gasteiger partial charge >= 0.3 is 0 Å². The number of nitrogens with one attached hydrogen (secondary N) is 1. The van der Waals surface area contributed by atoms with E-state index >= 15 is 0 Å². The molecule has 34 heavy (non-hydrogen) atoms. The van der Waals surface area contributed by atoms with Crippen LogP contribution in [0.5, 0.6) is 0 Å². The number of anilines is 2. The maximum atomic E-state index is 15.0. The van der Waals surface area contributed by atoms with Crippen LogP contribution < -0.4 is 16.0 Å². The SMILES string of the molecule is C[C@]1(F)CCC[C@H]1Nc1c(C(N)=O)cnn2cc(N3CCN(Cc4ccccc4)CC3=O)cc12. The van der Waals surface area contributed by atoms with Gasteiger partial charge in [0.1, 0.15) is 5.67 Å². The number of rotatable bonds is 6.